The summed E-state index contributed by atoms with van der Waals surface area (Å²) in [6.07, 6.45) is 2.12. The lowest BCUT2D eigenvalue weighted by atomic mass is 10.2. The largest absolute Gasteiger partial charge is 0.484 e. The summed E-state index contributed by atoms with van der Waals surface area (Å²) in [5.41, 5.74) is 1.25. The van der Waals surface area contributed by atoms with Gasteiger partial charge in [-0.3, -0.25) is 9.59 Å². The highest BCUT2D eigenvalue weighted by molar-refractivity contribution is 5.94. The molecule has 1 saturated heterocycles. The minimum Gasteiger partial charge on any atom is -0.484 e. The second-order valence-electron chi connectivity index (χ2n) is 7.30. The van der Waals surface area contributed by atoms with Crippen molar-refractivity contribution in [2.75, 3.05) is 25.0 Å². The molecule has 2 amide bonds. The van der Waals surface area contributed by atoms with Crippen molar-refractivity contribution in [3.05, 3.63) is 84.4 Å². The minimum atomic E-state index is -0.283. The van der Waals surface area contributed by atoms with Crippen LogP contribution in [0.2, 0.25) is 0 Å². The number of hydrogen-bond donors (Lipinski definition) is 1. The van der Waals surface area contributed by atoms with Gasteiger partial charge in [0.2, 0.25) is 0 Å². The summed E-state index contributed by atoms with van der Waals surface area (Å²) in [5, 5.41) is 2.80. The molecule has 1 fully saturated rings. The summed E-state index contributed by atoms with van der Waals surface area (Å²) in [4.78, 5) is 26.5. The normalized spacial score (nSPS) is 13.0. The van der Waals surface area contributed by atoms with Crippen LogP contribution < -0.4 is 14.8 Å². The van der Waals surface area contributed by atoms with E-state index in [-0.39, 0.29) is 18.4 Å². The van der Waals surface area contributed by atoms with Gasteiger partial charge in [-0.2, -0.15) is 0 Å². The Morgan fingerprint density at radius 3 is 2.26 bits per heavy atom. The number of nitrogens with zero attached hydrogens (tertiary/aromatic N) is 1. The highest BCUT2D eigenvalue weighted by Crippen LogP contribution is 2.24. The quantitative estimate of drug-likeness (QED) is 0.605. The lowest BCUT2D eigenvalue weighted by Crippen LogP contribution is -2.27. The number of amides is 2. The summed E-state index contributed by atoms with van der Waals surface area (Å²) in [7, 11) is 0. The van der Waals surface area contributed by atoms with Gasteiger partial charge in [0.1, 0.15) is 17.2 Å². The summed E-state index contributed by atoms with van der Waals surface area (Å²) >= 11 is 0. The van der Waals surface area contributed by atoms with Gasteiger partial charge in [0, 0.05) is 30.4 Å². The van der Waals surface area contributed by atoms with Gasteiger partial charge in [-0.1, -0.05) is 24.3 Å². The fraction of sp³-hybridized carbons (Fsp3) is 0.200. The molecule has 0 aliphatic carbocycles. The maximum absolute atomic E-state index is 12.4. The maximum Gasteiger partial charge on any atom is 0.262 e. The fourth-order valence-electron chi connectivity index (χ4n) is 3.40. The van der Waals surface area contributed by atoms with Crippen molar-refractivity contribution in [1.29, 1.82) is 0 Å². The predicted molar refractivity (Wildman–Crippen MR) is 119 cm³/mol. The Hall–Kier alpha value is -3.80. The van der Waals surface area contributed by atoms with E-state index in [9.17, 15) is 9.59 Å². The lowest BCUT2D eigenvalue weighted by Gasteiger charge is -2.15. The van der Waals surface area contributed by atoms with Crippen LogP contribution in [0.1, 0.15) is 23.2 Å². The van der Waals surface area contributed by atoms with Crippen molar-refractivity contribution in [1.82, 2.24) is 4.90 Å². The average molecular weight is 416 g/mol. The summed E-state index contributed by atoms with van der Waals surface area (Å²) < 4.78 is 11.3. The van der Waals surface area contributed by atoms with Crippen molar-refractivity contribution in [2.24, 2.45) is 0 Å². The first-order chi connectivity index (χ1) is 15.2. The Balaban J connectivity index is 1.28. The van der Waals surface area contributed by atoms with Crippen LogP contribution in [0.25, 0.3) is 0 Å². The fourth-order valence-corrected chi connectivity index (χ4v) is 3.40. The topological polar surface area (TPSA) is 67.9 Å². The number of ether oxygens (including phenoxy) is 2. The van der Waals surface area contributed by atoms with Crippen LogP contribution in [0, 0.1) is 0 Å². The van der Waals surface area contributed by atoms with Gasteiger partial charge in [-0.15, -0.1) is 0 Å². The molecule has 0 atom stereocenters. The van der Waals surface area contributed by atoms with Crippen molar-refractivity contribution >= 4 is 17.5 Å². The number of para-hydroxylation sites is 1. The van der Waals surface area contributed by atoms with Crippen molar-refractivity contribution < 1.29 is 19.1 Å². The molecular weight excluding hydrogens is 392 g/mol. The second kappa shape index (κ2) is 9.80. The standard InChI is InChI=1S/C25H24N2O4/c28-24(26-20-7-6-10-23(17-20)31-22-8-2-1-3-9-22)18-30-21-13-11-19(12-14-21)25(29)27-15-4-5-16-27/h1-3,6-14,17H,4-5,15-16,18H2,(H,26,28). The second-order valence-corrected chi connectivity index (χ2v) is 7.30. The molecule has 0 radical (unpaired) electrons. The van der Waals surface area contributed by atoms with Crippen LogP contribution in [0.5, 0.6) is 17.2 Å². The number of anilines is 1. The van der Waals surface area contributed by atoms with Crippen LogP contribution in [0.3, 0.4) is 0 Å². The SMILES string of the molecule is O=C(COc1ccc(C(=O)N2CCCC2)cc1)Nc1cccc(Oc2ccccc2)c1. The summed E-state index contributed by atoms with van der Waals surface area (Å²) in [6, 6.07) is 23.5. The zero-order valence-electron chi connectivity index (χ0n) is 17.1. The predicted octanol–water partition coefficient (Wildman–Crippen LogP) is 4.73. The van der Waals surface area contributed by atoms with Gasteiger partial charge in [0.25, 0.3) is 11.8 Å². The van der Waals surface area contributed by atoms with Crippen molar-refractivity contribution in [3.63, 3.8) is 0 Å². The molecule has 158 valence electrons. The minimum absolute atomic E-state index is 0.0411. The number of nitrogens with one attached hydrogen (secondary N) is 1. The van der Waals surface area contributed by atoms with E-state index in [0.29, 0.717) is 22.7 Å². The first kappa shape index (κ1) is 20.5. The van der Waals surface area contributed by atoms with E-state index in [1.807, 2.05) is 47.4 Å². The van der Waals surface area contributed by atoms with Crippen LogP contribution >= 0.6 is 0 Å². The molecule has 0 spiro atoms. The third-order valence-corrected chi connectivity index (χ3v) is 4.96. The van der Waals surface area contributed by atoms with E-state index < -0.39 is 0 Å². The van der Waals surface area contributed by atoms with Crippen LogP contribution in [-0.4, -0.2) is 36.4 Å². The van der Waals surface area contributed by atoms with E-state index in [1.54, 1.807) is 36.4 Å². The zero-order chi connectivity index (χ0) is 21.5. The number of likely N-dealkylation sites (tertiary alicyclic amines) is 1. The molecule has 0 unspecified atom stereocenters. The molecule has 1 heterocycles. The first-order valence-electron chi connectivity index (χ1n) is 10.3. The molecule has 1 aliphatic heterocycles. The van der Waals surface area contributed by atoms with Crippen molar-refractivity contribution in [2.45, 2.75) is 12.8 Å². The molecule has 6 heteroatoms. The number of benzene rings is 3. The number of rotatable bonds is 7. The Morgan fingerprint density at radius 1 is 0.806 bits per heavy atom. The van der Waals surface area contributed by atoms with E-state index in [2.05, 4.69) is 5.32 Å². The smallest absolute Gasteiger partial charge is 0.262 e. The Kier molecular flexibility index (Phi) is 6.47. The van der Waals surface area contributed by atoms with Gasteiger partial charge in [0.15, 0.2) is 6.61 Å². The summed E-state index contributed by atoms with van der Waals surface area (Å²) in [5.74, 6) is 1.65. The number of hydrogen-bond acceptors (Lipinski definition) is 4. The highest BCUT2D eigenvalue weighted by Gasteiger charge is 2.19. The molecule has 0 saturated carbocycles. The van der Waals surface area contributed by atoms with Crippen LogP contribution in [0.15, 0.2) is 78.9 Å². The van der Waals surface area contributed by atoms with E-state index >= 15 is 0 Å². The molecule has 1 aliphatic rings. The molecular formula is C25H24N2O4. The Bertz CT molecular complexity index is 1030. The highest BCUT2D eigenvalue weighted by atomic mass is 16.5. The molecule has 3 aromatic rings. The van der Waals surface area contributed by atoms with Gasteiger partial charge in [0.05, 0.1) is 0 Å². The number of carbonyl (C=O) groups excluding carboxylic acids is 2. The maximum atomic E-state index is 12.4. The van der Waals surface area contributed by atoms with E-state index in [4.69, 9.17) is 9.47 Å². The zero-order valence-corrected chi connectivity index (χ0v) is 17.1. The monoisotopic (exact) mass is 416 g/mol. The van der Waals surface area contributed by atoms with Gasteiger partial charge < -0.3 is 19.7 Å². The molecule has 4 rings (SSSR count). The van der Waals surface area contributed by atoms with Crippen molar-refractivity contribution in [3.8, 4) is 17.2 Å². The summed E-state index contributed by atoms with van der Waals surface area (Å²) in [6.45, 7) is 1.49. The third-order valence-electron chi connectivity index (χ3n) is 4.96. The lowest BCUT2D eigenvalue weighted by molar-refractivity contribution is -0.118. The van der Waals surface area contributed by atoms with Crippen LogP contribution in [-0.2, 0) is 4.79 Å². The molecule has 0 aromatic heterocycles. The average Bonchev–Trinajstić information content (AvgIpc) is 3.34. The third kappa shape index (κ3) is 5.63. The molecule has 0 bridgehead atoms. The van der Waals surface area contributed by atoms with E-state index in [0.717, 1.165) is 31.7 Å². The molecule has 1 N–H and O–H groups in total. The molecule has 31 heavy (non-hydrogen) atoms. The van der Waals surface area contributed by atoms with E-state index in [1.165, 1.54) is 0 Å². The Labute approximate surface area is 181 Å². The van der Waals surface area contributed by atoms with Gasteiger partial charge in [-0.05, 0) is 61.4 Å². The Morgan fingerprint density at radius 2 is 1.52 bits per heavy atom. The van der Waals surface area contributed by atoms with Crippen LogP contribution in [0.4, 0.5) is 5.69 Å². The van der Waals surface area contributed by atoms with Gasteiger partial charge >= 0.3 is 0 Å². The van der Waals surface area contributed by atoms with Gasteiger partial charge in [-0.25, -0.2) is 0 Å². The first-order valence-corrected chi connectivity index (χ1v) is 10.3. The number of carbonyl (C=O) groups is 2. The molecule has 6 nitrogen and oxygen atoms in total. The molecule has 3 aromatic carbocycles.